The number of nitrogens with one attached hydrogen (secondary N) is 2. The minimum Gasteiger partial charge on any atom is -0.497 e. The van der Waals surface area contributed by atoms with Crippen LogP contribution in [0.4, 0.5) is 10.5 Å². The van der Waals surface area contributed by atoms with Crippen molar-refractivity contribution in [2.75, 3.05) is 24.7 Å². The Morgan fingerprint density at radius 2 is 1.83 bits per heavy atom. The van der Waals surface area contributed by atoms with Gasteiger partial charge in [0.25, 0.3) is 0 Å². The summed E-state index contributed by atoms with van der Waals surface area (Å²) in [5.74, 6) is -1.18. The predicted molar refractivity (Wildman–Crippen MR) is 135 cm³/mol. The summed E-state index contributed by atoms with van der Waals surface area (Å²) in [5, 5.41) is 13.6. The van der Waals surface area contributed by atoms with Gasteiger partial charge in [0.2, 0.25) is 5.91 Å². The molecule has 36 heavy (non-hydrogen) atoms. The van der Waals surface area contributed by atoms with Crippen LogP contribution in [0.2, 0.25) is 0 Å². The molecule has 1 saturated heterocycles. The zero-order chi connectivity index (χ0) is 26.5. The second-order valence-electron chi connectivity index (χ2n) is 9.01. The summed E-state index contributed by atoms with van der Waals surface area (Å²) in [7, 11) is 1.54. The van der Waals surface area contributed by atoms with Gasteiger partial charge in [0.15, 0.2) is 0 Å². The normalized spacial score (nSPS) is 17.3. The Bertz CT molecular complexity index is 1150. The van der Waals surface area contributed by atoms with Crippen molar-refractivity contribution in [3.63, 3.8) is 0 Å². The first-order valence-electron chi connectivity index (χ1n) is 11.2. The van der Waals surface area contributed by atoms with E-state index in [4.69, 9.17) is 14.6 Å². The Kier molecular flexibility index (Phi) is 8.46. The number of benzene rings is 2. The Hall–Kier alpha value is -3.73. The molecule has 3 N–H and O–H groups in total. The van der Waals surface area contributed by atoms with Gasteiger partial charge >= 0.3 is 18.0 Å². The summed E-state index contributed by atoms with van der Waals surface area (Å²) in [6.45, 7) is 4.88. The summed E-state index contributed by atoms with van der Waals surface area (Å²) >= 11 is 1.42. The number of hydrogen-bond donors (Lipinski definition) is 3. The fourth-order valence-corrected chi connectivity index (χ4v) is 4.99. The van der Waals surface area contributed by atoms with E-state index in [0.717, 1.165) is 5.56 Å². The molecule has 0 saturated carbocycles. The fourth-order valence-electron chi connectivity index (χ4n) is 3.57. The van der Waals surface area contributed by atoms with Gasteiger partial charge in [-0.15, -0.1) is 11.8 Å². The monoisotopic (exact) mass is 515 g/mol. The topological polar surface area (TPSA) is 134 Å². The number of amides is 3. The highest BCUT2D eigenvalue weighted by Crippen LogP contribution is 2.42. The van der Waals surface area contributed by atoms with Gasteiger partial charge in [0.05, 0.1) is 19.2 Å². The molecule has 192 valence electrons. The Morgan fingerprint density at radius 3 is 2.50 bits per heavy atom. The molecule has 0 unspecified atom stereocenters. The number of carbonyl (C=O) groups excluding carboxylic acids is 3. The van der Waals surface area contributed by atoms with E-state index in [1.165, 1.54) is 40.9 Å². The summed E-state index contributed by atoms with van der Waals surface area (Å²) in [6.07, 6.45) is 0. The van der Waals surface area contributed by atoms with Crippen LogP contribution in [0.1, 0.15) is 42.1 Å². The van der Waals surface area contributed by atoms with E-state index in [0.29, 0.717) is 11.5 Å². The predicted octanol–water partition coefficient (Wildman–Crippen LogP) is 3.50. The van der Waals surface area contributed by atoms with Crippen LogP contribution < -0.4 is 15.4 Å². The molecule has 11 heteroatoms. The van der Waals surface area contributed by atoms with Gasteiger partial charge in [-0.25, -0.2) is 14.4 Å². The third-order valence-corrected chi connectivity index (χ3v) is 6.44. The van der Waals surface area contributed by atoms with Crippen LogP contribution in [0.25, 0.3) is 0 Å². The van der Waals surface area contributed by atoms with Gasteiger partial charge in [0, 0.05) is 11.4 Å². The van der Waals surface area contributed by atoms with Gasteiger partial charge in [-0.05, 0) is 56.7 Å². The molecule has 1 aliphatic heterocycles. The first-order valence-corrected chi connectivity index (χ1v) is 12.2. The molecule has 1 fully saturated rings. The maximum atomic E-state index is 13.3. The van der Waals surface area contributed by atoms with Crippen LogP contribution >= 0.6 is 11.8 Å². The lowest BCUT2D eigenvalue weighted by Gasteiger charge is -2.30. The summed E-state index contributed by atoms with van der Waals surface area (Å²) < 4.78 is 10.9. The zero-order valence-corrected chi connectivity index (χ0v) is 21.3. The largest absolute Gasteiger partial charge is 0.497 e. The van der Waals surface area contributed by atoms with Crippen molar-refractivity contribution in [2.24, 2.45) is 0 Å². The molecule has 0 aliphatic carbocycles. The Labute approximate surface area is 213 Å². The number of carboxylic acids is 1. The second kappa shape index (κ2) is 11.3. The number of hydrogen-bond acceptors (Lipinski definition) is 7. The molecule has 2 atom stereocenters. The molecule has 0 aromatic heterocycles. The minimum atomic E-state index is -1.13. The third kappa shape index (κ3) is 6.91. The minimum absolute atomic E-state index is 0.0132. The van der Waals surface area contributed by atoms with Crippen molar-refractivity contribution >= 4 is 41.3 Å². The van der Waals surface area contributed by atoms with Gasteiger partial charge in [-0.3, -0.25) is 4.79 Å². The quantitative estimate of drug-likeness (QED) is 0.477. The maximum absolute atomic E-state index is 13.3. The Balaban J connectivity index is 1.75. The standard InChI is InChI=1S/C25H29N3O7S/c1-25(2,3)35-23(32)19-14-36-21(15-7-6-10-18(12-15)34-4)28(19)20(29)13-26-24(33)27-17-9-5-8-16(11-17)22(30)31/h5-12,19,21H,13-14H2,1-4H3,(H,30,31)(H2,26,27,33)/t19-,21+/m0/s1. The van der Waals surface area contributed by atoms with E-state index in [1.54, 1.807) is 46.1 Å². The van der Waals surface area contributed by atoms with Gasteiger partial charge in [-0.2, -0.15) is 0 Å². The molecule has 0 spiro atoms. The maximum Gasteiger partial charge on any atom is 0.335 e. The number of nitrogens with zero attached hydrogens (tertiary/aromatic N) is 1. The van der Waals surface area contributed by atoms with Crippen molar-refractivity contribution in [2.45, 2.75) is 37.8 Å². The fraction of sp³-hybridized carbons (Fsp3) is 0.360. The number of ether oxygens (including phenoxy) is 2. The molecule has 2 aromatic rings. The summed E-state index contributed by atoms with van der Waals surface area (Å²) in [4.78, 5) is 51.2. The van der Waals surface area contributed by atoms with Crippen LogP contribution in [0.15, 0.2) is 48.5 Å². The highest BCUT2D eigenvalue weighted by Gasteiger charge is 2.44. The zero-order valence-electron chi connectivity index (χ0n) is 20.4. The Morgan fingerprint density at radius 1 is 1.11 bits per heavy atom. The molecule has 3 amide bonds. The lowest BCUT2D eigenvalue weighted by molar-refractivity contribution is -0.163. The van der Waals surface area contributed by atoms with Gasteiger partial charge in [0.1, 0.15) is 22.8 Å². The number of carboxylic acid groups (broad SMARTS) is 1. The van der Waals surface area contributed by atoms with Crippen LogP contribution in [0, 0.1) is 0 Å². The lowest BCUT2D eigenvalue weighted by atomic mass is 10.1. The van der Waals surface area contributed by atoms with Crippen LogP contribution in [0.3, 0.4) is 0 Å². The number of aromatic carboxylic acids is 1. The van der Waals surface area contributed by atoms with E-state index >= 15 is 0 Å². The van der Waals surface area contributed by atoms with Gasteiger partial charge < -0.3 is 30.1 Å². The molecule has 0 bridgehead atoms. The highest BCUT2D eigenvalue weighted by atomic mass is 32.2. The number of carbonyl (C=O) groups is 4. The average Bonchev–Trinajstić information content (AvgIpc) is 3.27. The molecule has 0 radical (unpaired) electrons. The van der Waals surface area contributed by atoms with Crippen LogP contribution in [0.5, 0.6) is 5.75 Å². The lowest BCUT2D eigenvalue weighted by Crippen LogP contribution is -2.49. The molecule has 2 aromatic carbocycles. The molecule has 3 rings (SSSR count). The number of thioether (sulfide) groups is 1. The number of methoxy groups -OCH3 is 1. The van der Waals surface area contributed by atoms with E-state index < -0.39 is 40.9 Å². The first-order chi connectivity index (χ1) is 17.0. The number of esters is 1. The van der Waals surface area contributed by atoms with E-state index in [9.17, 15) is 19.2 Å². The van der Waals surface area contributed by atoms with Crippen LogP contribution in [-0.2, 0) is 14.3 Å². The first kappa shape index (κ1) is 26.9. The third-order valence-electron chi connectivity index (χ3n) is 5.11. The molecular weight excluding hydrogens is 486 g/mol. The number of rotatable bonds is 7. The van der Waals surface area contributed by atoms with Gasteiger partial charge in [-0.1, -0.05) is 18.2 Å². The van der Waals surface area contributed by atoms with Crippen LogP contribution in [-0.4, -0.2) is 64.9 Å². The molecular formula is C25H29N3O7S. The molecule has 1 heterocycles. The van der Waals surface area contributed by atoms with Crippen molar-refractivity contribution < 1.29 is 33.8 Å². The second-order valence-corrected chi connectivity index (χ2v) is 10.1. The van der Waals surface area contributed by atoms with Crippen molar-refractivity contribution in [3.8, 4) is 5.75 Å². The average molecular weight is 516 g/mol. The highest BCUT2D eigenvalue weighted by molar-refractivity contribution is 7.99. The number of urea groups is 1. The van der Waals surface area contributed by atoms with E-state index in [2.05, 4.69) is 10.6 Å². The van der Waals surface area contributed by atoms with E-state index in [-0.39, 0.29) is 17.8 Å². The van der Waals surface area contributed by atoms with Crippen molar-refractivity contribution in [1.82, 2.24) is 10.2 Å². The molecule has 10 nitrogen and oxygen atoms in total. The van der Waals surface area contributed by atoms with Crippen molar-refractivity contribution in [3.05, 3.63) is 59.7 Å². The summed E-state index contributed by atoms with van der Waals surface area (Å²) in [5.41, 5.74) is 0.318. The summed E-state index contributed by atoms with van der Waals surface area (Å²) in [6, 6.07) is 11.4. The smallest absolute Gasteiger partial charge is 0.335 e. The number of anilines is 1. The molecule has 1 aliphatic rings. The van der Waals surface area contributed by atoms with Crippen molar-refractivity contribution in [1.29, 1.82) is 0 Å². The van der Waals surface area contributed by atoms with E-state index in [1.807, 2.05) is 6.07 Å². The SMILES string of the molecule is COc1cccc([C@H]2SC[C@@H](C(=O)OC(C)(C)C)N2C(=O)CNC(=O)Nc2cccc(C(=O)O)c2)c1.